The number of likely N-dealkylation sites (tertiary alicyclic amines) is 1. The number of carboxylic acid groups (broad SMARTS) is 1. The Kier molecular flexibility index (Phi) is 12.5. The molecule has 4 amide bonds. The van der Waals surface area contributed by atoms with Crippen molar-refractivity contribution in [1.29, 1.82) is 0 Å². The van der Waals surface area contributed by atoms with E-state index in [0.29, 0.717) is 25.1 Å². The highest BCUT2D eigenvalue weighted by molar-refractivity contribution is 5.96. The van der Waals surface area contributed by atoms with Gasteiger partial charge in [-0.25, -0.2) is 9.48 Å². The van der Waals surface area contributed by atoms with E-state index in [1.54, 1.807) is 44.2 Å². The number of hydroxylamine groups is 2. The van der Waals surface area contributed by atoms with Crippen molar-refractivity contribution in [2.45, 2.75) is 83.0 Å². The molecule has 17 nitrogen and oxygen atoms in total. The van der Waals surface area contributed by atoms with Gasteiger partial charge in [0.15, 0.2) is 11.8 Å². The number of aliphatic carboxylic acids is 1. The van der Waals surface area contributed by atoms with Gasteiger partial charge in [-0.2, -0.15) is 5.10 Å². The number of ether oxygens (including phenoxy) is 2. The average Bonchev–Trinajstić information content (AvgIpc) is 3.76. The van der Waals surface area contributed by atoms with Crippen molar-refractivity contribution < 1.29 is 48.2 Å². The van der Waals surface area contributed by atoms with E-state index in [1.807, 2.05) is 0 Å². The quantitative estimate of drug-likeness (QED) is 0.239. The molecule has 51 heavy (non-hydrogen) atoms. The van der Waals surface area contributed by atoms with Crippen LogP contribution in [0.2, 0.25) is 0 Å². The zero-order valence-electron chi connectivity index (χ0n) is 28.8. The Morgan fingerprint density at radius 3 is 2.33 bits per heavy atom. The molecule has 2 aliphatic heterocycles. The topological polar surface area (TPSA) is 202 Å². The second kappa shape index (κ2) is 17.2. The highest BCUT2D eigenvalue weighted by Crippen LogP contribution is 2.25. The Labute approximate surface area is 295 Å². The lowest BCUT2D eigenvalue weighted by atomic mass is 9.93. The van der Waals surface area contributed by atoms with Gasteiger partial charge in [-0.3, -0.25) is 24.0 Å². The van der Waals surface area contributed by atoms with Gasteiger partial charge in [0.25, 0.3) is 11.8 Å². The van der Waals surface area contributed by atoms with Gasteiger partial charge in [-0.15, -0.1) is 5.06 Å². The fourth-order valence-electron chi connectivity index (χ4n) is 6.16. The van der Waals surface area contributed by atoms with Gasteiger partial charge < -0.3 is 39.9 Å². The lowest BCUT2D eigenvalue weighted by Gasteiger charge is -2.35. The number of nitrogens with zero attached hydrogens (tertiary/aromatic N) is 5. The summed E-state index contributed by atoms with van der Waals surface area (Å²) in [6.45, 7) is 4.47. The Morgan fingerprint density at radius 1 is 0.961 bits per heavy atom. The van der Waals surface area contributed by atoms with Crippen LogP contribution in [0.5, 0.6) is 5.88 Å². The molecule has 3 heterocycles. The van der Waals surface area contributed by atoms with Crippen LogP contribution in [0.15, 0.2) is 36.4 Å². The fourth-order valence-corrected chi connectivity index (χ4v) is 6.16. The van der Waals surface area contributed by atoms with Gasteiger partial charge in [-0.1, -0.05) is 18.2 Å². The molecule has 1 aromatic heterocycles. The highest BCUT2D eigenvalue weighted by atomic mass is 16.8. The normalized spacial score (nSPS) is 19.0. The van der Waals surface area contributed by atoms with Crippen LogP contribution in [-0.2, 0) is 28.8 Å². The van der Waals surface area contributed by atoms with Crippen LogP contribution in [0.1, 0.15) is 69.3 Å². The maximum Gasteiger partial charge on any atom is 0.527 e. The number of amides is 4. The van der Waals surface area contributed by atoms with E-state index in [1.165, 1.54) is 25.6 Å². The molecule has 2 saturated heterocycles. The largest absolute Gasteiger partial charge is 0.527 e. The van der Waals surface area contributed by atoms with Gasteiger partial charge in [0, 0.05) is 38.2 Å². The second-order valence-corrected chi connectivity index (χ2v) is 12.7. The summed E-state index contributed by atoms with van der Waals surface area (Å²) < 4.78 is 12.3. The summed E-state index contributed by atoms with van der Waals surface area (Å²) in [4.78, 5) is 85.0. The van der Waals surface area contributed by atoms with E-state index in [9.17, 15) is 33.9 Å². The molecule has 276 valence electrons. The van der Waals surface area contributed by atoms with Gasteiger partial charge in [-0.05, 0) is 64.5 Å². The molecule has 5 rings (SSSR count). The number of nitrogens with one attached hydrogen (secondary N) is 2. The van der Waals surface area contributed by atoms with Crippen LogP contribution in [0.3, 0.4) is 0 Å². The van der Waals surface area contributed by atoms with Crippen LogP contribution in [0.4, 0.5) is 4.79 Å². The van der Waals surface area contributed by atoms with Crippen molar-refractivity contribution in [2.75, 3.05) is 39.3 Å². The van der Waals surface area contributed by atoms with Crippen LogP contribution < -0.4 is 15.4 Å². The third-order valence-corrected chi connectivity index (χ3v) is 9.11. The van der Waals surface area contributed by atoms with Crippen molar-refractivity contribution in [3.63, 3.8) is 0 Å². The number of carbonyl (C=O) groups excluding carboxylic acids is 5. The first-order valence-electron chi connectivity index (χ1n) is 17.4. The van der Waals surface area contributed by atoms with Crippen molar-refractivity contribution >= 4 is 35.8 Å². The number of aromatic nitrogens is 2. The Bertz CT molecular complexity index is 1570. The Morgan fingerprint density at radius 2 is 1.69 bits per heavy atom. The van der Waals surface area contributed by atoms with E-state index >= 15 is 0 Å². The van der Waals surface area contributed by atoms with Crippen LogP contribution in [-0.4, -0.2) is 129 Å². The van der Waals surface area contributed by atoms with Gasteiger partial charge in [0.1, 0.15) is 12.1 Å². The summed E-state index contributed by atoms with van der Waals surface area (Å²) in [7, 11) is 0. The number of rotatable bonds is 14. The molecule has 1 aliphatic carbocycles. The first-order valence-corrected chi connectivity index (χ1v) is 17.4. The summed E-state index contributed by atoms with van der Waals surface area (Å²) in [6.07, 6.45) is 1.74. The zero-order valence-corrected chi connectivity index (χ0v) is 28.8. The van der Waals surface area contributed by atoms with E-state index in [-0.39, 0.29) is 75.1 Å². The Hall–Kier alpha value is -5.19. The standard InChI is InChI=1S/C34H45N7O10/c1-3-49-34(48)51-39-19-17-38(18-20-39)33(47)25(14-15-29(42)43)36-30(44)26-21-28(41(37-26)24-11-5-4-6-12-24)50-22(2)32(46)40-16-8-13-27(40)31(45)35-23-9-7-10-23/h4-6,11-12,21-23,25,27H,3,7-10,13-20H2,1-2H3,(H,35,45)(H,36,44)(H,42,43)/t22-,25+,27+/m1/s1. The Balaban J connectivity index is 1.29. The molecule has 17 heteroatoms. The molecule has 1 aromatic carbocycles. The molecule has 2 aromatic rings. The van der Waals surface area contributed by atoms with E-state index in [4.69, 9.17) is 14.3 Å². The molecule has 0 bridgehead atoms. The smallest absolute Gasteiger partial charge is 0.481 e. The summed E-state index contributed by atoms with van der Waals surface area (Å²) in [5.41, 5.74) is 0.403. The monoisotopic (exact) mass is 711 g/mol. The van der Waals surface area contributed by atoms with E-state index < -0.39 is 42.1 Å². The minimum absolute atomic E-state index is 0.0769. The van der Waals surface area contributed by atoms with Crippen molar-refractivity contribution in [3.05, 3.63) is 42.1 Å². The highest BCUT2D eigenvalue weighted by Gasteiger charge is 2.38. The first-order chi connectivity index (χ1) is 24.5. The average molecular weight is 712 g/mol. The second-order valence-electron chi connectivity index (χ2n) is 12.7. The molecule has 3 atom stereocenters. The van der Waals surface area contributed by atoms with Crippen molar-refractivity contribution in [1.82, 2.24) is 35.3 Å². The van der Waals surface area contributed by atoms with Gasteiger partial charge in [0.2, 0.25) is 17.7 Å². The number of para-hydroxylation sites is 1. The molecule has 3 aliphatic rings. The molecular formula is C34H45N7O10. The van der Waals surface area contributed by atoms with Crippen LogP contribution >= 0.6 is 0 Å². The summed E-state index contributed by atoms with van der Waals surface area (Å²) in [5.74, 6) is -2.86. The predicted molar refractivity (Wildman–Crippen MR) is 179 cm³/mol. The van der Waals surface area contributed by atoms with Crippen LogP contribution in [0, 0.1) is 0 Å². The summed E-state index contributed by atoms with van der Waals surface area (Å²) in [6, 6.07) is 8.52. The molecule has 1 saturated carbocycles. The first kappa shape index (κ1) is 37.1. The number of benzene rings is 1. The number of hydrogen-bond donors (Lipinski definition) is 3. The maximum absolute atomic E-state index is 13.6. The molecular weight excluding hydrogens is 666 g/mol. The lowest BCUT2D eigenvalue weighted by Crippen LogP contribution is -2.55. The number of carboxylic acids is 1. The van der Waals surface area contributed by atoms with E-state index in [2.05, 4.69) is 15.7 Å². The number of piperazine rings is 1. The third-order valence-electron chi connectivity index (χ3n) is 9.11. The number of carbonyl (C=O) groups is 6. The minimum Gasteiger partial charge on any atom is -0.481 e. The molecule has 3 N–H and O–H groups in total. The predicted octanol–water partition coefficient (Wildman–Crippen LogP) is 1.49. The van der Waals surface area contributed by atoms with Crippen molar-refractivity contribution in [3.8, 4) is 11.6 Å². The maximum atomic E-state index is 13.6. The molecule has 3 fully saturated rings. The third kappa shape index (κ3) is 9.53. The zero-order chi connectivity index (χ0) is 36.5. The number of hydrogen-bond acceptors (Lipinski definition) is 11. The SMILES string of the molecule is CCOC(=O)ON1CCN(C(=O)[C@H](CCC(=O)O)NC(=O)c2cc(O[C@H](C)C(=O)N3CCC[C@H]3C(=O)NC3CCC3)n(-c3ccccc3)n2)CC1. The molecule has 0 spiro atoms. The van der Waals surface area contributed by atoms with Gasteiger partial charge in [0.05, 0.1) is 25.4 Å². The van der Waals surface area contributed by atoms with E-state index in [0.717, 1.165) is 19.3 Å². The lowest BCUT2D eigenvalue weighted by molar-refractivity contribution is -0.157. The summed E-state index contributed by atoms with van der Waals surface area (Å²) >= 11 is 0. The van der Waals surface area contributed by atoms with Crippen LogP contribution in [0.25, 0.3) is 5.69 Å². The summed E-state index contributed by atoms with van der Waals surface area (Å²) in [5, 5.41) is 20.8. The van der Waals surface area contributed by atoms with Gasteiger partial charge >= 0.3 is 12.1 Å². The van der Waals surface area contributed by atoms with Crippen molar-refractivity contribution in [2.24, 2.45) is 0 Å². The fraction of sp³-hybridized carbons (Fsp3) is 0.559. The molecule has 0 unspecified atom stereocenters. The molecule has 0 radical (unpaired) electrons. The minimum atomic E-state index is -1.20.